The lowest BCUT2D eigenvalue weighted by molar-refractivity contribution is -0.143. The summed E-state index contributed by atoms with van der Waals surface area (Å²) in [5, 5.41) is 0. The largest absolute Gasteiger partial charge is 0.492 e. The number of nitrogens with one attached hydrogen (secondary N) is 1. The molecule has 3 heterocycles. The first kappa shape index (κ1) is 19.0. The lowest BCUT2D eigenvalue weighted by Crippen LogP contribution is -2.46. The summed E-state index contributed by atoms with van der Waals surface area (Å²) in [7, 11) is -3.82. The minimum atomic E-state index is -3.82. The smallest absolute Gasteiger partial charge is 0.344 e. The maximum Gasteiger partial charge on any atom is 0.344 e. The van der Waals surface area contributed by atoms with Crippen molar-refractivity contribution in [3.8, 4) is 5.75 Å². The molecule has 4 rings (SSSR count). The van der Waals surface area contributed by atoms with E-state index in [0.29, 0.717) is 36.8 Å². The number of fused-ring (bicyclic) bond motifs is 1. The van der Waals surface area contributed by atoms with Gasteiger partial charge in [-0.1, -0.05) is 6.07 Å². The summed E-state index contributed by atoms with van der Waals surface area (Å²) in [4.78, 5) is 14.5. The van der Waals surface area contributed by atoms with E-state index in [4.69, 9.17) is 15.2 Å². The van der Waals surface area contributed by atoms with Crippen molar-refractivity contribution in [3.63, 3.8) is 0 Å². The molecule has 3 aliphatic heterocycles. The normalized spacial score (nSPS) is 26.1. The van der Waals surface area contributed by atoms with Crippen LogP contribution < -0.4 is 15.2 Å². The first-order chi connectivity index (χ1) is 13.4. The molecule has 3 N–H and O–H groups in total. The molecular weight excluding hydrogens is 384 g/mol. The Hall–Kier alpha value is -2.33. The maximum atomic E-state index is 12.6. The highest BCUT2D eigenvalue weighted by atomic mass is 32.2. The minimum Gasteiger partial charge on any atom is -0.492 e. The first-order valence-electron chi connectivity index (χ1n) is 9.48. The Morgan fingerprint density at radius 3 is 3.00 bits per heavy atom. The van der Waals surface area contributed by atoms with Crippen LogP contribution in [0.1, 0.15) is 31.2 Å². The molecule has 1 aromatic carbocycles. The zero-order chi connectivity index (χ0) is 19.7. The van der Waals surface area contributed by atoms with E-state index in [1.807, 2.05) is 4.90 Å². The lowest BCUT2D eigenvalue weighted by atomic mass is 9.98. The zero-order valence-electron chi connectivity index (χ0n) is 15.5. The fourth-order valence-corrected chi connectivity index (χ4v) is 4.77. The minimum absolute atomic E-state index is 0.0741. The van der Waals surface area contributed by atoms with Crippen LogP contribution in [0.2, 0.25) is 0 Å². The molecule has 1 amide bonds. The summed E-state index contributed by atoms with van der Waals surface area (Å²) < 4.78 is 40.7. The van der Waals surface area contributed by atoms with Crippen molar-refractivity contribution < 1.29 is 22.7 Å². The van der Waals surface area contributed by atoms with Gasteiger partial charge in [-0.25, -0.2) is 0 Å². The van der Waals surface area contributed by atoms with Gasteiger partial charge in [0.05, 0.1) is 17.9 Å². The van der Waals surface area contributed by atoms with Gasteiger partial charge in [-0.2, -0.15) is 8.42 Å². The molecular formula is C18H24N4O5S. The van der Waals surface area contributed by atoms with Crippen molar-refractivity contribution in [2.75, 3.05) is 31.0 Å². The Balaban J connectivity index is 1.42. The second kappa shape index (κ2) is 7.59. The van der Waals surface area contributed by atoms with Gasteiger partial charge in [0.1, 0.15) is 11.9 Å². The van der Waals surface area contributed by atoms with Crippen molar-refractivity contribution in [3.05, 3.63) is 23.8 Å². The van der Waals surface area contributed by atoms with Gasteiger partial charge in [-0.3, -0.25) is 9.52 Å². The Morgan fingerprint density at radius 2 is 2.21 bits per heavy atom. The summed E-state index contributed by atoms with van der Waals surface area (Å²) in [5.41, 5.74) is 6.64. The summed E-state index contributed by atoms with van der Waals surface area (Å²) in [6.45, 7) is 2.44. The second-order valence-corrected chi connectivity index (χ2v) is 8.67. The number of benzene rings is 1. The molecule has 1 aromatic rings. The molecule has 2 atom stereocenters. The fourth-order valence-electron chi connectivity index (χ4n) is 3.92. The quantitative estimate of drug-likeness (QED) is 0.762. The van der Waals surface area contributed by atoms with Gasteiger partial charge in [-0.15, -0.1) is 4.40 Å². The average molecular weight is 408 g/mol. The van der Waals surface area contributed by atoms with Gasteiger partial charge < -0.3 is 20.1 Å². The van der Waals surface area contributed by atoms with E-state index in [2.05, 4.69) is 9.12 Å². The number of carbonyl (C=O) groups is 1. The van der Waals surface area contributed by atoms with Gasteiger partial charge in [0.15, 0.2) is 5.84 Å². The van der Waals surface area contributed by atoms with Crippen LogP contribution in [0.15, 0.2) is 22.6 Å². The zero-order valence-corrected chi connectivity index (χ0v) is 16.3. The number of hydrogen-bond acceptors (Lipinski definition) is 6. The summed E-state index contributed by atoms with van der Waals surface area (Å²) in [5.74, 6) is 0.644. The third kappa shape index (κ3) is 3.93. The van der Waals surface area contributed by atoms with Gasteiger partial charge in [0.2, 0.25) is 0 Å². The number of rotatable bonds is 4. The Kier molecular flexibility index (Phi) is 5.15. The van der Waals surface area contributed by atoms with Crippen LogP contribution in [0.25, 0.3) is 0 Å². The second-order valence-electron chi connectivity index (χ2n) is 7.34. The van der Waals surface area contributed by atoms with Crippen molar-refractivity contribution in [2.24, 2.45) is 16.0 Å². The number of hydrogen-bond donors (Lipinski definition) is 2. The number of ether oxygens (including phenoxy) is 2. The van der Waals surface area contributed by atoms with Crippen molar-refractivity contribution >= 4 is 27.6 Å². The van der Waals surface area contributed by atoms with Crippen LogP contribution in [0.4, 0.5) is 5.69 Å². The number of nitrogens with zero attached hydrogens (tertiary/aromatic N) is 2. The number of anilines is 1. The lowest BCUT2D eigenvalue weighted by Gasteiger charge is -2.34. The molecule has 0 saturated carbocycles. The van der Waals surface area contributed by atoms with Gasteiger partial charge >= 0.3 is 10.2 Å². The van der Waals surface area contributed by atoms with Crippen LogP contribution in [0.3, 0.4) is 0 Å². The average Bonchev–Trinajstić information content (AvgIpc) is 3.19. The monoisotopic (exact) mass is 408 g/mol. The van der Waals surface area contributed by atoms with Gasteiger partial charge in [0, 0.05) is 25.6 Å². The number of carbonyl (C=O) groups excluding carboxylic acids is 1. The number of piperidine rings is 1. The highest BCUT2D eigenvalue weighted by Crippen LogP contribution is 2.31. The standard InChI is InChI=1S/C18H24N4O5S/c19-17-16-13(20-28(24,25)21-17)5-1-6-14(16)27-11-12-4-2-8-22(10-12)18(23)15-7-3-9-26-15/h1,5-6,12,15,20H,2-4,7-11H2,(H2,19,21)/t12-,15?/m0/s1. The van der Waals surface area contributed by atoms with Gasteiger partial charge in [-0.05, 0) is 37.8 Å². The van der Waals surface area contributed by atoms with E-state index >= 15 is 0 Å². The van der Waals surface area contributed by atoms with Crippen LogP contribution in [0, 0.1) is 5.92 Å². The third-order valence-corrected chi connectivity index (χ3v) is 6.17. The molecule has 0 bridgehead atoms. The molecule has 0 aromatic heterocycles. The van der Waals surface area contributed by atoms with Gasteiger partial charge in [0.25, 0.3) is 5.91 Å². The maximum absolute atomic E-state index is 12.6. The molecule has 3 aliphatic rings. The summed E-state index contributed by atoms with van der Waals surface area (Å²) in [6.07, 6.45) is 3.30. The highest BCUT2D eigenvalue weighted by Gasteiger charge is 2.32. The fraction of sp³-hybridized carbons (Fsp3) is 0.556. The molecule has 10 heteroatoms. The van der Waals surface area contributed by atoms with Crippen LogP contribution in [0.5, 0.6) is 5.75 Å². The molecule has 1 unspecified atom stereocenters. The predicted molar refractivity (Wildman–Crippen MR) is 103 cm³/mol. The number of amides is 1. The van der Waals surface area contributed by atoms with E-state index < -0.39 is 10.2 Å². The molecule has 0 aliphatic carbocycles. The molecule has 2 saturated heterocycles. The Morgan fingerprint density at radius 1 is 1.36 bits per heavy atom. The molecule has 152 valence electrons. The van der Waals surface area contributed by atoms with E-state index in [9.17, 15) is 13.2 Å². The number of amidine groups is 1. The molecule has 0 spiro atoms. The topological polar surface area (TPSA) is 123 Å². The van der Waals surface area contributed by atoms with Crippen LogP contribution in [-0.4, -0.2) is 57.5 Å². The Bertz CT molecular complexity index is 895. The highest BCUT2D eigenvalue weighted by molar-refractivity contribution is 7.91. The SMILES string of the molecule is NC1=NS(=O)(=O)Nc2cccc(OC[C@H]3CCCN(C(=O)C4CCCO4)C3)c21. The van der Waals surface area contributed by atoms with E-state index in [1.165, 1.54) is 0 Å². The molecule has 0 radical (unpaired) electrons. The predicted octanol–water partition coefficient (Wildman–Crippen LogP) is 0.859. The summed E-state index contributed by atoms with van der Waals surface area (Å²) >= 11 is 0. The third-order valence-electron chi connectivity index (χ3n) is 5.25. The van der Waals surface area contributed by atoms with E-state index in [-0.39, 0.29) is 23.8 Å². The van der Waals surface area contributed by atoms with Crippen LogP contribution in [-0.2, 0) is 19.7 Å². The number of nitrogens with two attached hydrogens (primary N) is 1. The first-order valence-corrected chi connectivity index (χ1v) is 10.9. The Labute approximate surface area is 164 Å². The number of likely N-dealkylation sites (tertiary alicyclic amines) is 1. The van der Waals surface area contributed by atoms with Crippen molar-refractivity contribution in [1.82, 2.24) is 4.90 Å². The summed E-state index contributed by atoms with van der Waals surface area (Å²) in [6, 6.07) is 5.05. The van der Waals surface area contributed by atoms with Crippen molar-refractivity contribution in [2.45, 2.75) is 31.8 Å². The molecule has 9 nitrogen and oxygen atoms in total. The molecule has 2 fully saturated rings. The molecule has 28 heavy (non-hydrogen) atoms. The van der Waals surface area contributed by atoms with Crippen LogP contribution >= 0.6 is 0 Å². The van der Waals surface area contributed by atoms with Crippen molar-refractivity contribution in [1.29, 1.82) is 0 Å². The van der Waals surface area contributed by atoms with E-state index in [1.54, 1.807) is 18.2 Å². The van der Waals surface area contributed by atoms with E-state index in [0.717, 1.165) is 32.2 Å².